The van der Waals surface area contributed by atoms with Crippen LogP contribution in [-0.4, -0.2) is 39.0 Å². The molecule has 0 amide bonds. The van der Waals surface area contributed by atoms with Gasteiger partial charge in [0.2, 0.25) is 10.0 Å². The Hall–Kier alpha value is -0.950. The van der Waals surface area contributed by atoms with Crippen LogP contribution in [0.15, 0.2) is 23.1 Å². The van der Waals surface area contributed by atoms with E-state index in [0.717, 1.165) is 37.0 Å². The van der Waals surface area contributed by atoms with Gasteiger partial charge in [0.25, 0.3) is 0 Å². The average Bonchev–Trinajstić information content (AvgIpc) is 2.99. The van der Waals surface area contributed by atoms with Crippen LogP contribution in [0.3, 0.4) is 0 Å². The first-order valence-electron chi connectivity index (χ1n) is 7.38. The second-order valence-corrected chi connectivity index (χ2v) is 7.45. The van der Waals surface area contributed by atoms with Crippen LogP contribution in [0, 0.1) is 0 Å². The Morgan fingerprint density at radius 1 is 1.38 bits per heavy atom. The number of hydrogen-bond acceptors (Lipinski definition) is 4. The smallest absolute Gasteiger partial charge is 0.242 e. The van der Waals surface area contributed by atoms with Gasteiger partial charge in [-0.15, -0.1) is 0 Å². The van der Waals surface area contributed by atoms with Crippen LogP contribution in [0.25, 0.3) is 0 Å². The minimum atomic E-state index is -3.49. The summed E-state index contributed by atoms with van der Waals surface area (Å²) in [5.41, 5.74) is 7.71. The molecule has 0 aliphatic carbocycles. The first kappa shape index (κ1) is 16.4. The highest BCUT2D eigenvalue weighted by Crippen LogP contribution is 2.21. The number of hydrogen-bond donors (Lipinski definition) is 1. The number of sulfonamides is 1. The molecule has 1 aromatic carbocycles. The molecule has 6 heteroatoms. The molecule has 0 aromatic heterocycles. The van der Waals surface area contributed by atoms with E-state index in [2.05, 4.69) is 0 Å². The minimum absolute atomic E-state index is 0.00803. The summed E-state index contributed by atoms with van der Waals surface area (Å²) in [6.07, 6.45) is 2.77. The van der Waals surface area contributed by atoms with Gasteiger partial charge in [0.05, 0.1) is 11.0 Å². The van der Waals surface area contributed by atoms with Crippen LogP contribution < -0.4 is 5.73 Å². The highest BCUT2D eigenvalue weighted by Gasteiger charge is 2.26. The Kier molecular flexibility index (Phi) is 5.37. The van der Waals surface area contributed by atoms with Crippen LogP contribution in [-0.2, 0) is 27.7 Å². The summed E-state index contributed by atoms with van der Waals surface area (Å²) in [5, 5.41) is 0. The van der Waals surface area contributed by atoms with Gasteiger partial charge < -0.3 is 10.5 Å². The summed E-state index contributed by atoms with van der Waals surface area (Å²) in [5.74, 6) is 0. The lowest BCUT2D eigenvalue weighted by Gasteiger charge is -2.21. The molecular formula is C15H24N2O3S. The van der Waals surface area contributed by atoms with Gasteiger partial charge in [-0.05, 0) is 42.5 Å². The monoisotopic (exact) mass is 312 g/mol. The van der Waals surface area contributed by atoms with Crippen molar-refractivity contribution in [3.8, 4) is 0 Å². The van der Waals surface area contributed by atoms with Crippen LogP contribution >= 0.6 is 0 Å². The van der Waals surface area contributed by atoms with Crippen molar-refractivity contribution in [2.24, 2.45) is 5.73 Å². The molecule has 2 rings (SSSR count). The van der Waals surface area contributed by atoms with Gasteiger partial charge >= 0.3 is 0 Å². The predicted molar refractivity (Wildman–Crippen MR) is 82.5 cm³/mol. The zero-order valence-electron chi connectivity index (χ0n) is 12.7. The molecule has 21 heavy (non-hydrogen) atoms. The molecule has 1 aliphatic heterocycles. The number of aryl methyl sites for hydroxylation is 1. The molecular weight excluding hydrogens is 288 g/mol. The quantitative estimate of drug-likeness (QED) is 0.864. The molecule has 0 radical (unpaired) electrons. The molecule has 0 bridgehead atoms. The Morgan fingerprint density at radius 2 is 2.14 bits per heavy atom. The summed E-state index contributed by atoms with van der Waals surface area (Å²) in [6, 6.07) is 5.22. The van der Waals surface area contributed by atoms with E-state index in [-0.39, 0.29) is 6.10 Å². The van der Waals surface area contributed by atoms with Crippen molar-refractivity contribution in [3.05, 3.63) is 29.3 Å². The third kappa shape index (κ3) is 3.63. The maximum atomic E-state index is 12.6. The maximum absolute atomic E-state index is 12.6. The van der Waals surface area contributed by atoms with Gasteiger partial charge in [0.1, 0.15) is 0 Å². The van der Waals surface area contributed by atoms with Crippen molar-refractivity contribution in [1.82, 2.24) is 4.31 Å². The van der Waals surface area contributed by atoms with E-state index in [4.69, 9.17) is 10.5 Å². The molecule has 0 spiro atoms. The van der Waals surface area contributed by atoms with E-state index in [1.807, 2.05) is 13.0 Å². The molecule has 0 saturated carbocycles. The fraction of sp³-hybridized carbons (Fsp3) is 0.600. The summed E-state index contributed by atoms with van der Waals surface area (Å²) >= 11 is 0. The van der Waals surface area contributed by atoms with Crippen molar-refractivity contribution < 1.29 is 13.2 Å². The minimum Gasteiger partial charge on any atom is -0.377 e. The van der Waals surface area contributed by atoms with Crippen LogP contribution in [0.2, 0.25) is 0 Å². The normalized spacial score (nSPS) is 19.3. The van der Waals surface area contributed by atoms with Crippen LogP contribution in [0.1, 0.15) is 30.9 Å². The van der Waals surface area contributed by atoms with Gasteiger partial charge in [0.15, 0.2) is 0 Å². The Morgan fingerprint density at radius 3 is 2.71 bits per heavy atom. The van der Waals surface area contributed by atoms with Crippen molar-refractivity contribution >= 4 is 10.0 Å². The second kappa shape index (κ2) is 6.87. The van der Waals surface area contributed by atoms with Crippen molar-refractivity contribution in [2.75, 3.05) is 20.2 Å². The predicted octanol–water partition coefficient (Wildman–Crippen LogP) is 1.51. The standard InChI is InChI=1S/C15H24N2O3S/c1-3-12-6-7-15(9-13(12)10-16)21(18,19)17(2)11-14-5-4-8-20-14/h6-7,9,14H,3-5,8,10-11,16H2,1-2H3. The number of nitrogens with two attached hydrogens (primary N) is 1. The third-order valence-electron chi connectivity index (χ3n) is 3.97. The largest absolute Gasteiger partial charge is 0.377 e. The molecule has 2 N–H and O–H groups in total. The van der Waals surface area contributed by atoms with Crippen molar-refractivity contribution in [2.45, 2.75) is 43.7 Å². The fourth-order valence-electron chi connectivity index (χ4n) is 2.65. The van der Waals surface area contributed by atoms with Crippen molar-refractivity contribution in [1.29, 1.82) is 0 Å². The van der Waals surface area contributed by atoms with Gasteiger partial charge in [-0.1, -0.05) is 13.0 Å². The molecule has 1 aliphatic rings. The Bertz CT molecular complexity index is 581. The van der Waals surface area contributed by atoms with E-state index >= 15 is 0 Å². The number of rotatable bonds is 6. The fourth-order valence-corrected chi connectivity index (χ4v) is 3.90. The summed E-state index contributed by atoms with van der Waals surface area (Å²) in [6.45, 7) is 3.51. The van der Waals surface area contributed by atoms with E-state index in [0.29, 0.717) is 18.0 Å². The molecule has 1 unspecified atom stereocenters. The first-order valence-corrected chi connectivity index (χ1v) is 8.82. The molecule has 1 atom stereocenters. The zero-order chi connectivity index (χ0) is 15.5. The average molecular weight is 312 g/mol. The van der Waals surface area contributed by atoms with Crippen LogP contribution in [0.4, 0.5) is 0 Å². The lowest BCUT2D eigenvalue weighted by atomic mass is 10.1. The third-order valence-corrected chi connectivity index (χ3v) is 5.79. The summed E-state index contributed by atoms with van der Waals surface area (Å²) in [4.78, 5) is 0.306. The number of benzene rings is 1. The summed E-state index contributed by atoms with van der Waals surface area (Å²) in [7, 11) is -1.88. The number of nitrogens with zero attached hydrogens (tertiary/aromatic N) is 1. The topological polar surface area (TPSA) is 72.6 Å². The van der Waals surface area contributed by atoms with E-state index in [1.165, 1.54) is 4.31 Å². The SMILES string of the molecule is CCc1ccc(S(=O)(=O)N(C)CC2CCCO2)cc1CN. The molecule has 118 valence electrons. The number of ether oxygens (including phenoxy) is 1. The lowest BCUT2D eigenvalue weighted by Crippen LogP contribution is -2.34. The van der Waals surface area contributed by atoms with Gasteiger partial charge in [-0.25, -0.2) is 8.42 Å². The zero-order valence-corrected chi connectivity index (χ0v) is 13.5. The molecule has 1 aromatic rings. The second-order valence-electron chi connectivity index (χ2n) is 5.41. The Labute approximate surface area is 127 Å². The Balaban J connectivity index is 2.21. The van der Waals surface area contributed by atoms with E-state index in [9.17, 15) is 8.42 Å². The van der Waals surface area contributed by atoms with Gasteiger partial charge in [0, 0.05) is 26.7 Å². The van der Waals surface area contributed by atoms with E-state index < -0.39 is 10.0 Å². The molecule has 1 fully saturated rings. The maximum Gasteiger partial charge on any atom is 0.242 e. The lowest BCUT2D eigenvalue weighted by molar-refractivity contribution is 0.0979. The van der Waals surface area contributed by atoms with Crippen LogP contribution in [0.5, 0.6) is 0 Å². The molecule has 1 saturated heterocycles. The van der Waals surface area contributed by atoms with Gasteiger partial charge in [-0.3, -0.25) is 0 Å². The van der Waals surface area contributed by atoms with E-state index in [1.54, 1.807) is 19.2 Å². The highest BCUT2D eigenvalue weighted by atomic mass is 32.2. The van der Waals surface area contributed by atoms with Gasteiger partial charge in [-0.2, -0.15) is 4.31 Å². The highest BCUT2D eigenvalue weighted by molar-refractivity contribution is 7.89. The molecule has 5 nitrogen and oxygen atoms in total. The first-order chi connectivity index (χ1) is 9.98. The number of likely N-dealkylation sites (N-methyl/N-ethyl adjacent to an activating group) is 1. The van der Waals surface area contributed by atoms with Crippen molar-refractivity contribution in [3.63, 3.8) is 0 Å². The summed E-state index contributed by atoms with van der Waals surface area (Å²) < 4.78 is 32.1. The molecule has 1 heterocycles.